The van der Waals surface area contributed by atoms with Gasteiger partial charge in [0, 0.05) is 25.7 Å². The summed E-state index contributed by atoms with van der Waals surface area (Å²) < 4.78 is 36.6. The second-order valence-electron chi connectivity index (χ2n) is 5.71. The number of anilines is 2. The van der Waals surface area contributed by atoms with Gasteiger partial charge in [-0.05, 0) is 26.0 Å². The first kappa shape index (κ1) is 22.4. The van der Waals surface area contributed by atoms with Gasteiger partial charge >= 0.3 is 0 Å². The third kappa shape index (κ3) is 8.67. The van der Waals surface area contributed by atoms with Crippen LogP contribution in [0.3, 0.4) is 0 Å². The van der Waals surface area contributed by atoms with Crippen molar-refractivity contribution in [2.45, 2.75) is 26.4 Å². The van der Waals surface area contributed by atoms with Gasteiger partial charge < -0.3 is 20.5 Å². The van der Waals surface area contributed by atoms with Gasteiger partial charge in [0.05, 0.1) is 13.2 Å². The van der Waals surface area contributed by atoms with Gasteiger partial charge in [-0.3, -0.25) is 18.5 Å². The first-order valence-electron chi connectivity index (χ1n) is 8.07. The Morgan fingerprint density at radius 1 is 0.885 bits per heavy atom. The predicted molar refractivity (Wildman–Crippen MR) is 104 cm³/mol. The average Bonchev–Trinajstić information content (AvgIpc) is 3.07. The molecule has 0 spiro atoms. The van der Waals surface area contributed by atoms with Crippen molar-refractivity contribution >= 4 is 26.4 Å². The van der Waals surface area contributed by atoms with Crippen molar-refractivity contribution in [2.75, 3.05) is 38.0 Å². The Balaban J connectivity index is 0.000000260. The highest BCUT2D eigenvalue weighted by atomic mass is 31.2. The maximum Gasteiger partial charge on any atom is 0.220 e. The van der Waals surface area contributed by atoms with E-state index >= 15 is 0 Å². The summed E-state index contributed by atoms with van der Waals surface area (Å²) in [4.78, 5) is 0. The molecule has 148 valence electrons. The third-order valence-corrected chi connectivity index (χ3v) is 6.15. The molecule has 0 fully saturated rings. The molecule has 0 unspecified atom stereocenters. The zero-order valence-electron chi connectivity index (χ0n) is 15.6. The zero-order chi connectivity index (χ0) is 19.8. The summed E-state index contributed by atoms with van der Waals surface area (Å²) in [5, 5.41) is 7.84. The van der Waals surface area contributed by atoms with Gasteiger partial charge in [0.15, 0.2) is 0 Å². The van der Waals surface area contributed by atoms with Crippen LogP contribution >= 0.6 is 14.7 Å². The molecule has 2 heterocycles. The van der Waals surface area contributed by atoms with Crippen molar-refractivity contribution < 1.29 is 18.2 Å². The summed E-state index contributed by atoms with van der Waals surface area (Å²) in [6.07, 6.45) is 3.92. The van der Waals surface area contributed by atoms with E-state index in [4.69, 9.17) is 20.5 Å². The number of nitrogen functional groups attached to an aromatic ring is 2. The largest absolute Gasteiger partial charge is 0.382 e. The normalized spacial score (nSPS) is 15.5. The number of aromatic nitrogens is 4. The van der Waals surface area contributed by atoms with Gasteiger partial charge in [-0.2, -0.15) is 10.2 Å². The molecule has 0 amide bonds. The van der Waals surface area contributed by atoms with Crippen LogP contribution < -0.4 is 11.5 Å². The van der Waals surface area contributed by atoms with Crippen molar-refractivity contribution in [2.24, 2.45) is 0 Å². The van der Waals surface area contributed by atoms with Gasteiger partial charge in [0.2, 0.25) is 14.7 Å². The first-order chi connectivity index (χ1) is 12.1. The third-order valence-electron chi connectivity index (χ3n) is 2.93. The lowest BCUT2D eigenvalue weighted by Gasteiger charge is -2.11. The van der Waals surface area contributed by atoms with Crippen LogP contribution in [0.5, 0.6) is 0 Å². The predicted octanol–water partition coefficient (Wildman–Crippen LogP) is 2.73. The standard InChI is InChI=1S/2C7H14N3O2P/c2*1-3-12-13(2,11)6-10-5-4-7(8)9-10/h2*4-5H,3,6H2,1-2H3,(H2,8,9)/t2*13-/m10/s1. The van der Waals surface area contributed by atoms with Crippen LogP contribution in [-0.2, 0) is 30.7 Å². The van der Waals surface area contributed by atoms with Gasteiger partial charge in [0.25, 0.3) is 0 Å². The van der Waals surface area contributed by atoms with E-state index in [9.17, 15) is 9.13 Å². The SMILES string of the molecule is CCO[P@@](C)(=O)Cn1ccc(N)n1.CCO[P@](C)(=O)Cn1ccc(N)n1. The first-order valence-corrected chi connectivity index (χ1v) is 12.6. The molecule has 2 rings (SSSR count). The quantitative estimate of drug-likeness (QED) is 0.638. The second-order valence-corrected chi connectivity index (χ2v) is 10.8. The lowest BCUT2D eigenvalue weighted by atomic mass is 10.7. The average molecular weight is 406 g/mol. The Bertz CT molecular complexity index is 711. The molecule has 2 aromatic rings. The van der Waals surface area contributed by atoms with Crippen LogP contribution in [-0.4, -0.2) is 46.1 Å². The molecule has 0 radical (unpaired) electrons. The van der Waals surface area contributed by atoms with Gasteiger partial charge in [-0.15, -0.1) is 0 Å². The molecule has 2 atom stereocenters. The molecule has 4 N–H and O–H groups in total. The number of hydrogen-bond acceptors (Lipinski definition) is 8. The number of rotatable bonds is 8. The Kier molecular flexibility index (Phi) is 8.56. The van der Waals surface area contributed by atoms with Gasteiger partial charge in [-0.1, -0.05) is 0 Å². The fourth-order valence-electron chi connectivity index (χ4n) is 2.07. The highest BCUT2D eigenvalue weighted by molar-refractivity contribution is 7.57. The van der Waals surface area contributed by atoms with Gasteiger partial charge in [-0.25, -0.2) is 0 Å². The Labute approximate surface area is 153 Å². The fraction of sp³-hybridized carbons (Fsp3) is 0.571. The highest BCUT2D eigenvalue weighted by Crippen LogP contribution is 2.44. The van der Waals surface area contributed by atoms with Crippen molar-refractivity contribution in [1.29, 1.82) is 0 Å². The molecule has 0 saturated heterocycles. The smallest absolute Gasteiger partial charge is 0.220 e. The van der Waals surface area contributed by atoms with Crippen LogP contribution in [0.4, 0.5) is 11.6 Å². The van der Waals surface area contributed by atoms with E-state index in [-0.39, 0.29) is 12.6 Å². The molecular formula is C14H28N6O4P2. The second kappa shape index (κ2) is 9.92. The van der Waals surface area contributed by atoms with Crippen molar-refractivity contribution in [3.8, 4) is 0 Å². The van der Waals surface area contributed by atoms with Crippen molar-refractivity contribution in [3.63, 3.8) is 0 Å². The van der Waals surface area contributed by atoms with E-state index in [1.807, 2.05) is 13.8 Å². The Hall–Kier alpha value is -1.60. The Morgan fingerprint density at radius 2 is 1.23 bits per heavy atom. The summed E-state index contributed by atoms with van der Waals surface area (Å²) in [6, 6.07) is 3.32. The van der Waals surface area contributed by atoms with Crippen LogP contribution in [0.25, 0.3) is 0 Å². The Morgan fingerprint density at radius 3 is 1.46 bits per heavy atom. The lowest BCUT2D eigenvalue weighted by molar-refractivity contribution is 0.329. The van der Waals surface area contributed by atoms with E-state index in [0.717, 1.165) is 0 Å². The minimum Gasteiger partial charge on any atom is -0.382 e. The number of nitrogens with two attached hydrogens (primary N) is 2. The summed E-state index contributed by atoms with van der Waals surface area (Å²) in [6.45, 7) is 7.71. The molecule has 0 aliphatic rings. The van der Waals surface area contributed by atoms with Crippen LogP contribution in [0.2, 0.25) is 0 Å². The maximum atomic E-state index is 11.7. The van der Waals surface area contributed by atoms with E-state index in [1.54, 1.807) is 37.9 Å². The summed E-state index contributed by atoms with van der Waals surface area (Å²) in [5.74, 6) is 0.855. The summed E-state index contributed by atoms with van der Waals surface area (Å²) >= 11 is 0. The maximum absolute atomic E-state index is 11.7. The number of nitrogens with zero attached hydrogens (tertiary/aromatic N) is 4. The lowest BCUT2D eigenvalue weighted by Crippen LogP contribution is -2.02. The van der Waals surface area contributed by atoms with Crippen LogP contribution in [0.1, 0.15) is 13.8 Å². The molecule has 26 heavy (non-hydrogen) atoms. The minimum atomic E-state index is -2.56. The van der Waals surface area contributed by atoms with Crippen LogP contribution in [0.15, 0.2) is 24.5 Å². The molecule has 0 bridgehead atoms. The van der Waals surface area contributed by atoms with Crippen molar-refractivity contribution in [3.05, 3.63) is 24.5 Å². The molecule has 12 heteroatoms. The van der Waals surface area contributed by atoms with E-state index < -0.39 is 14.7 Å². The van der Waals surface area contributed by atoms with Crippen LogP contribution in [0, 0.1) is 0 Å². The highest BCUT2D eigenvalue weighted by Gasteiger charge is 2.16. The molecule has 2 aromatic heterocycles. The zero-order valence-corrected chi connectivity index (χ0v) is 17.4. The summed E-state index contributed by atoms with van der Waals surface area (Å²) in [5.41, 5.74) is 10.8. The van der Waals surface area contributed by atoms with E-state index in [0.29, 0.717) is 24.8 Å². The minimum absolute atomic E-state index is 0.276. The molecule has 0 saturated carbocycles. The molecular weight excluding hydrogens is 378 g/mol. The molecule has 0 aliphatic carbocycles. The molecule has 0 aromatic carbocycles. The number of hydrogen-bond donors (Lipinski definition) is 2. The summed E-state index contributed by atoms with van der Waals surface area (Å²) in [7, 11) is -5.11. The van der Waals surface area contributed by atoms with E-state index in [1.165, 1.54) is 9.36 Å². The van der Waals surface area contributed by atoms with Gasteiger partial charge in [0.1, 0.15) is 24.2 Å². The van der Waals surface area contributed by atoms with Crippen molar-refractivity contribution in [1.82, 2.24) is 19.6 Å². The monoisotopic (exact) mass is 406 g/mol. The van der Waals surface area contributed by atoms with E-state index in [2.05, 4.69) is 10.2 Å². The topological polar surface area (TPSA) is 140 Å². The fourth-order valence-corrected chi connectivity index (χ4v) is 4.69. The molecule has 0 aliphatic heterocycles. The molecule has 10 nitrogen and oxygen atoms in total.